The van der Waals surface area contributed by atoms with Gasteiger partial charge in [-0.2, -0.15) is 10.2 Å². The molecule has 0 amide bonds. The molecule has 1 aromatic carbocycles. The van der Waals surface area contributed by atoms with Crippen LogP contribution in [0.2, 0.25) is 10.0 Å². The Hall–Kier alpha value is -2.44. The van der Waals surface area contributed by atoms with Crippen LogP contribution in [0.3, 0.4) is 0 Å². The largest absolute Gasteiger partial charge is 0.287 e. The van der Waals surface area contributed by atoms with Crippen molar-refractivity contribution in [1.29, 1.82) is 0 Å². The van der Waals surface area contributed by atoms with E-state index in [1.54, 1.807) is 22.9 Å². The zero-order valence-corrected chi connectivity index (χ0v) is 15.4. The van der Waals surface area contributed by atoms with Gasteiger partial charge in [-0.3, -0.25) is 9.48 Å². The van der Waals surface area contributed by atoms with Gasteiger partial charge in [0.05, 0.1) is 10.7 Å². The molecule has 0 radical (unpaired) electrons. The van der Waals surface area contributed by atoms with Crippen molar-refractivity contribution < 1.29 is 4.79 Å². The molecule has 3 aromatic rings. The Kier molecular flexibility index (Phi) is 4.74. The molecule has 0 atom stereocenters. The molecule has 0 saturated heterocycles. The van der Waals surface area contributed by atoms with Gasteiger partial charge < -0.3 is 0 Å². The fourth-order valence-electron chi connectivity index (χ4n) is 2.52. The minimum absolute atomic E-state index is 0.281. The number of carbonyl (C=O) groups is 1. The number of hydrogen-bond donors (Lipinski definition) is 0. The monoisotopic (exact) mass is 375 g/mol. The molecule has 0 fully saturated rings. The fourth-order valence-corrected chi connectivity index (χ4v) is 3.01. The van der Waals surface area contributed by atoms with Crippen molar-refractivity contribution in [3.63, 3.8) is 0 Å². The van der Waals surface area contributed by atoms with E-state index in [9.17, 15) is 4.79 Å². The summed E-state index contributed by atoms with van der Waals surface area (Å²) in [7, 11) is 1.85. The number of nitrogens with zero attached hydrogens (tertiary/aromatic N) is 5. The zero-order chi connectivity index (χ0) is 18.1. The Bertz CT molecular complexity index is 973. The van der Waals surface area contributed by atoms with E-state index in [0.29, 0.717) is 16.3 Å². The summed E-state index contributed by atoms with van der Waals surface area (Å²) in [5, 5.41) is 9.22. The minimum Gasteiger partial charge on any atom is -0.287 e. The molecule has 0 spiro atoms. The van der Waals surface area contributed by atoms with Gasteiger partial charge in [0.1, 0.15) is 18.4 Å². The van der Waals surface area contributed by atoms with Gasteiger partial charge in [-0.05, 0) is 38.1 Å². The van der Waals surface area contributed by atoms with Crippen LogP contribution in [0.4, 0.5) is 0 Å². The first-order valence-electron chi connectivity index (χ1n) is 7.45. The van der Waals surface area contributed by atoms with Gasteiger partial charge >= 0.3 is 0 Å². The molecular weight excluding hydrogens is 361 g/mol. The first kappa shape index (κ1) is 17.4. The number of aryl methyl sites for hydroxylation is 2. The number of allylic oxidation sites excluding steroid dienone is 1. The molecule has 0 bridgehead atoms. The van der Waals surface area contributed by atoms with Gasteiger partial charge in [-0.25, -0.2) is 9.67 Å². The molecule has 0 unspecified atom stereocenters. The van der Waals surface area contributed by atoms with Crippen LogP contribution in [0, 0.1) is 13.8 Å². The van der Waals surface area contributed by atoms with Crippen molar-refractivity contribution in [2.45, 2.75) is 13.8 Å². The van der Waals surface area contributed by atoms with E-state index in [0.717, 1.165) is 17.0 Å². The lowest BCUT2D eigenvalue weighted by molar-refractivity contribution is 0.105. The summed E-state index contributed by atoms with van der Waals surface area (Å²) in [5.41, 5.74) is 3.26. The van der Waals surface area contributed by atoms with E-state index in [-0.39, 0.29) is 10.8 Å². The predicted molar refractivity (Wildman–Crippen MR) is 97.7 cm³/mol. The predicted octanol–water partition coefficient (Wildman–Crippen LogP) is 3.82. The summed E-state index contributed by atoms with van der Waals surface area (Å²) in [4.78, 5) is 17.0. The molecule has 0 aliphatic rings. The standard InChI is InChI=1S/C17H15Cl2N5O/c1-10-14(11(2)23(3)22-10)7-16(24-9-20-8-21-24)17(25)13-5-4-12(18)6-15(13)19/h4-9H,1-3H3/b16-7-. The Morgan fingerprint density at radius 2 is 2.00 bits per heavy atom. The quantitative estimate of drug-likeness (QED) is 0.513. The van der Waals surface area contributed by atoms with Crippen LogP contribution in [0.5, 0.6) is 0 Å². The van der Waals surface area contributed by atoms with Crippen molar-refractivity contribution in [3.8, 4) is 0 Å². The van der Waals surface area contributed by atoms with Crippen molar-refractivity contribution in [3.05, 3.63) is 63.4 Å². The van der Waals surface area contributed by atoms with E-state index in [2.05, 4.69) is 15.2 Å². The SMILES string of the molecule is Cc1nn(C)c(C)c1/C=C(/C(=O)c1ccc(Cl)cc1Cl)n1cncn1. The summed E-state index contributed by atoms with van der Waals surface area (Å²) < 4.78 is 3.18. The fraction of sp³-hybridized carbons (Fsp3) is 0.176. The summed E-state index contributed by atoms with van der Waals surface area (Å²) in [6.45, 7) is 3.82. The van der Waals surface area contributed by atoms with Crippen LogP contribution >= 0.6 is 23.2 Å². The third kappa shape index (κ3) is 3.36. The van der Waals surface area contributed by atoms with E-state index in [1.807, 2.05) is 20.9 Å². The topological polar surface area (TPSA) is 65.6 Å². The van der Waals surface area contributed by atoms with Crippen molar-refractivity contribution in [2.24, 2.45) is 7.05 Å². The summed E-state index contributed by atoms with van der Waals surface area (Å²) >= 11 is 12.1. The number of Topliss-reactive ketones (excluding diaryl/α,β-unsaturated/α-hetero) is 1. The third-order valence-electron chi connectivity index (χ3n) is 3.92. The maximum atomic E-state index is 13.1. The molecule has 0 saturated carbocycles. The van der Waals surface area contributed by atoms with Crippen molar-refractivity contribution in [2.75, 3.05) is 0 Å². The summed E-state index contributed by atoms with van der Waals surface area (Å²) in [6.07, 6.45) is 4.59. The summed E-state index contributed by atoms with van der Waals surface area (Å²) in [5.74, 6) is -0.283. The van der Waals surface area contributed by atoms with Crippen LogP contribution in [0.1, 0.15) is 27.3 Å². The molecule has 25 heavy (non-hydrogen) atoms. The zero-order valence-electron chi connectivity index (χ0n) is 13.9. The highest BCUT2D eigenvalue weighted by Gasteiger charge is 2.20. The maximum Gasteiger partial charge on any atom is 0.212 e. The van der Waals surface area contributed by atoms with Crippen LogP contribution in [-0.4, -0.2) is 30.3 Å². The van der Waals surface area contributed by atoms with Crippen molar-refractivity contribution >= 4 is 40.8 Å². The number of ketones is 1. The first-order chi connectivity index (χ1) is 11.9. The Balaban J connectivity index is 2.16. The van der Waals surface area contributed by atoms with E-state index in [1.165, 1.54) is 23.4 Å². The Morgan fingerprint density at radius 1 is 1.24 bits per heavy atom. The first-order valence-corrected chi connectivity index (χ1v) is 8.20. The molecule has 6 nitrogen and oxygen atoms in total. The second kappa shape index (κ2) is 6.82. The molecule has 3 rings (SSSR count). The second-order valence-electron chi connectivity index (χ2n) is 5.53. The number of hydrogen-bond acceptors (Lipinski definition) is 4. The highest BCUT2D eigenvalue weighted by molar-refractivity contribution is 6.40. The second-order valence-corrected chi connectivity index (χ2v) is 6.37. The van der Waals surface area contributed by atoms with Crippen LogP contribution < -0.4 is 0 Å². The van der Waals surface area contributed by atoms with Gasteiger partial charge in [0.15, 0.2) is 0 Å². The minimum atomic E-state index is -0.283. The average molecular weight is 376 g/mol. The number of carbonyl (C=O) groups excluding carboxylic acids is 1. The third-order valence-corrected chi connectivity index (χ3v) is 4.47. The van der Waals surface area contributed by atoms with Gasteiger partial charge in [0.2, 0.25) is 5.78 Å². The molecule has 0 N–H and O–H groups in total. The van der Waals surface area contributed by atoms with Gasteiger partial charge in [0.25, 0.3) is 0 Å². The number of aromatic nitrogens is 5. The van der Waals surface area contributed by atoms with E-state index in [4.69, 9.17) is 23.2 Å². The van der Waals surface area contributed by atoms with Gasteiger partial charge in [-0.1, -0.05) is 23.2 Å². The van der Waals surface area contributed by atoms with Gasteiger partial charge in [0, 0.05) is 28.9 Å². The Labute approximate surface area is 154 Å². The highest BCUT2D eigenvalue weighted by Crippen LogP contribution is 2.26. The van der Waals surface area contributed by atoms with Crippen LogP contribution in [0.15, 0.2) is 30.9 Å². The van der Waals surface area contributed by atoms with E-state index < -0.39 is 0 Å². The number of benzene rings is 1. The average Bonchev–Trinajstić information content (AvgIpc) is 3.15. The maximum absolute atomic E-state index is 13.1. The van der Waals surface area contributed by atoms with E-state index >= 15 is 0 Å². The number of rotatable bonds is 4. The van der Waals surface area contributed by atoms with Crippen LogP contribution in [-0.2, 0) is 7.05 Å². The van der Waals surface area contributed by atoms with Gasteiger partial charge in [-0.15, -0.1) is 0 Å². The lowest BCUT2D eigenvalue weighted by atomic mass is 10.1. The lowest BCUT2D eigenvalue weighted by Gasteiger charge is -2.09. The molecule has 0 aliphatic heterocycles. The molecule has 0 aliphatic carbocycles. The normalized spacial score (nSPS) is 11.8. The molecule has 2 heterocycles. The molecule has 2 aromatic heterocycles. The molecule has 8 heteroatoms. The highest BCUT2D eigenvalue weighted by atomic mass is 35.5. The molecular formula is C17H15Cl2N5O. The number of halogens is 2. The van der Waals surface area contributed by atoms with Crippen molar-refractivity contribution in [1.82, 2.24) is 24.5 Å². The molecule has 128 valence electrons. The lowest BCUT2D eigenvalue weighted by Crippen LogP contribution is -2.11. The Morgan fingerprint density at radius 3 is 2.56 bits per heavy atom. The summed E-state index contributed by atoms with van der Waals surface area (Å²) in [6, 6.07) is 4.76. The van der Waals surface area contributed by atoms with Crippen LogP contribution in [0.25, 0.3) is 11.8 Å². The smallest absolute Gasteiger partial charge is 0.212 e.